The van der Waals surface area contributed by atoms with E-state index in [0.717, 1.165) is 17.9 Å². The summed E-state index contributed by atoms with van der Waals surface area (Å²) in [6.45, 7) is 6.03. The largest absolute Gasteiger partial charge is 0.338 e. The fraction of sp³-hybridized carbons (Fsp3) is 0.318. The van der Waals surface area contributed by atoms with E-state index in [2.05, 4.69) is 24.8 Å². The van der Waals surface area contributed by atoms with Gasteiger partial charge in [-0.15, -0.1) is 0 Å². The number of likely N-dealkylation sites (tertiary alicyclic amines) is 1. The van der Waals surface area contributed by atoms with Crippen LogP contribution in [-0.2, 0) is 0 Å². The Labute approximate surface area is 173 Å². The Bertz CT molecular complexity index is 1100. The van der Waals surface area contributed by atoms with Gasteiger partial charge in [-0.05, 0) is 44.2 Å². The van der Waals surface area contributed by atoms with E-state index in [1.807, 2.05) is 24.8 Å². The number of hydrogen-bond donors (Lipinski definition) is 0. The van der Waals surface area contributed by atoms with Crippen LogP contribution in [0.25, 0.3) is 11.4 Å². The Morgan fingerprint density at radius 1 is 1.03 bits per heavy atom. The lowest BCUT2D eigenvalue weighted by Crippen LogP contribution is -2.58. The Kier molecular flexibility index (Phi) is 4.42. The van der Waals surface area contributed by atoms with E-state index < -0.39 is 5.82 Å². The molecule has 2 aliphatic rings. The summed E-state index contributed by atoms with van der Waals surface area (Å²) in [6.07, 6.45) is 3.22. The van der Waals surface area contributed by atoms with Crippen molar-refractivity contribution < 1.29 is 9.18 Å². The molecule has 0 spiro atoms. The molecule has 152 valence electrons. The van der Waals surface area contributed by atoms with Crippen LogP contribution in [0.2, 0.25) is 0 Å². The molecule has 2 aliphatic heterocycles. The summed E-state index contributed by atoms with van der Waals surface area (Å²) in [5.74, 6) is 0.838. The average molecular weight is 404 g/mol. The maximum atomic E-state index is 14.0. The summed E-state index contributed by atoms with van der Waals surface area (Å²) in [5, 5.41) is 0. The fourth-order valence-electron chi connectivity index (χ4n) is 4.36. The van der Waals surface area contributed by atoms with Crippen LogP contribution in [0.3, 0.4) is 0 Å². The van der Waals surface area contributed by atoms with Gasteiger partial charge in [0.15, 0.2) is 5.82 Å². The molecule has 2 saturated heterocycles. The Balaban J connectivity index is 1.40. The SMILES string of the molecule is Cc1cc(C)nc(N2CC3CN(C(=O)c4cc(F)ccc4-c4ncccn4)C3C2)n1. The molecule has 0 aliphatic carbocycles. The molecule has 2 unspecified atom stereocenters. The van der Waals surface area contributed by atoms with E-state index in [0.29, 0.717) is 41.9 Å². The summed E-state index contributed by atoms with van der Waals surface area (Å²) < 4.78 is 14.0. The summed E-state index contributed by atoms with van der Waals surface area (Å²) in [5.41, 5.74) is 2.69. The summed E-state index contributed by atoms with van der Waals surface area (Å²) in [6, 6.07) is 7.89. The zero-order valence-electron chi connectivity index (χ0n) is 16.8. The molecule has 30 heavy (non-hydrogen) atoms. The van der Waals surface area contributed by atoms with Crippen LogP contribution in [0, 0.1) is 25.6 Å². The average Bonchev–Trinajstić information content (AvgIpc) is 3.04. The lowest BCUT2D eigenvalue weighted by Gasteiger charge is -2.43. The summed E-state index contributed by atoms with van der Waals surface area (Å²) in [4.78, 5) is 34.8. The van der Waals surface area contributed by atoms with Crippen molar-refractivity contribution in [3.05, 3.63) is 65.5 Å². The number of carbonyl (C=O) groups excluding carboxylic acids is 1. The number of amides is 1. The molecule has 4 heterocycles. The molecule has 7 nitrogen and oxygen atoms in total. The number of anilines is 1. The first-order chi connectivity index (χ1) is 14.5. The number of fused-ring (bicyclic) bond motifs is 1. The highest BCUT2D eigenvalue weighted by atomic mass is 19.1. The molecule has 1 amide bonds. The van der Waals surface area contributed by atoms with Crippen molar-refractivity contribution in [1.29, 1.82) is 0 Å². The predicted molar refractivity (Wildman–Crippen MR) is 109 cm³/mol. The second-order valence-corrected chi connectivity index (χ2v) is 7.90. The van der Waals surface area contributed by atoms with Gasteiger partial charge in [0.1, 0.15) is 5.82 Å². The van der Waals surface area contributed by atoms with Crippen LogP contribution in [-0.4, -0.2) is 56.4 Å². The number of benzene rings is 1. The highest BCUT2D eigenvalue weighted by Crippen LogP contribution is 2.36. The van der Waals surface area contributed by atoms with Crippen molar-refractivity contribution in [2.24, 2.45) is 5.92 Å². The molecule has 1 aromatic carbocycles. The summed E-state index contributed by atoms with van der Waals surface area (Å²) >= 11 is 0. The first-order valence-electron chi connectivity index (χ1n) is 9.95. The highest BCUT2D eigenvalue weighted by molar-refractivity contribution is 6.00. The van der Waals surface area contributed by atoms with Crippen molar-refractivity contribution in [2.45, 2.75) is 19.9 Å². The van der Waals surface area contributed by atoms with Gasteiger partial charge in [0.2, 0.25) is 5.95 Å². The number of rotatable bonds is 3. The van der Waals surface area contributed by atoms with E-state index in [9.17, 15) is 9.18 Å². The van der Waals surface area contributed by atoms with Gasteiger partial charge < -0.3 is 9.80 Å². The molecular formula is C22H21FN6O. The topological polar surface area (TPSA) is 75.1 Å². The first-order valence-corrected chi connectivity index (χ1v) is 9.95. The van der Waals surface area contributed by atoms with Gasteiger partial charge in [-0.2, -0.15) is 0 Å². The minimum atomic E-state index is -0.452. The standard InChI is InChI=1S/C22H21FN6O/c1-13-8-14(2)27-22(26-13)28-10-15-11-29(19(15)12-28)21(30)18-9-16(23)4-5-17(18)20-24-6-3-7-25-20/h3-9,15,19H,10-12H2,1-2H3. The smallest absolute Gasteiger partial charge is 0.255 e. The first kappa shape index (κ1) is 18.6. The monoisotopic (exact) mass is 404 g/mol. The van der Waals surface area contributed by atoms with Gasteiger partial charge in [0.25, 0.3) is 5.91 Å². The van der Waals surface area contributed by atoms with E-state index in [1.54, 1.807) is 24.5 Å². The Hall–Kier alpha value is -3.42. The number of hydrogen-bond acceptors (Lipinski definition) is 6. The molecule has 0 radical (unpaired) electrons. The highest BCUT2D eigenvalue weighted by Gasteiger charge is 2.49. The molecule has 0 N–H and O–H groups in total. The maximum Gasteiger partial charge on any atom is 0.255 e. The fourth-order valence-corrected chi connectivity index (χ4v) is 4.36. The van der Waals surface area contributed by atoms with Gasteiger partial charge in [-0.3, -0.25) is 4.79 Å². The molecular weight excluding hydrogens is 383 g/mol. The van der Waals surface area contributed by atoms with Crippen molar-refractivity contribution in [3.8, 4) is 11.4 Å². The molecule has 3 aromatic rings. The quantitative estimate of drug-likeness (QED) is 0.668. The van der Waals surface area contributed by atoms with Crippen LogP contribution < -0.4 is 4.90 Å². The van der Waals surface area contributed by atoms with E-state index >= 15 is 0 Å². The predicted octanol–water partition coefficient (Wildman–Crippen LogP) is 2.65. The molecule has 8 heteroatoms. The maximum absolute atomic E-state index is 14.0. The van der Waals surface area contributed by atoms with Crippen LogP contribution >= 0.6 is 0 Å². The normalized spacial score (nSPS) is 20.1. The van der Waals surface area contributed by atoms with Crippen LogP contribution in [0.5, 0.6) is 0 Å². The van der Waals surface area contributed by atoms with Crippen molar-refractivity contribution in [2.75, 3.05) is 24.5 Å². The van der Waals surface area contributed by atoms with Crippen molar-refractivity contribution in [1.82, 2.24) is 24.8 Å². The van der Waals surface area contributed by atoms with Gasteiger partial charge in [-0.1, -0.05) is 0 Å². The zero-order valence-corrected chi connectivity index (χ0v) is 16.8. The van der Waals surface area contributed by atoms with Crippen LogP contribution in [0.1, 0.15) is 21.7 Å². The van der Waals surface area contributed by atoms with Crippen molar-refractivity contribution in [3.63, 3.8) is 0 Å². The second-order valence-electron chi connectivity index (χ2n) is 7.90. The lowest BCUT2D eigenvalue weighted by atomic mass is 9.90. The van der Waals surface area contributed by atoms with Gasteiger partial charge in [-0.25, -0.2) is 24.3 Å². The summed E-state index contributed by atoms with van der Waals surface area (Å²) in [7, 11) is 0. The number of aromatic nitrogens is 4. The Morgan fingerprint density at radius 3 is 2.50 bits per heavy atom. The third kappa shape index (κ3) is 3.18. The zero-order chi connectivity index (χ0) is 20.8. The van der Waals surface area contributed by atoms with Crippen molar-refractivity contribution >= 4 is 11.9 Å². The molecule has 0 saturated carbocycles. The van der Waals surface area contributed by atoms with E-state index in [1.165, 1.54) is 12.1 Å². The van der Waals surface area contributed by atoms with E-state index in [-0.39, 0.29) is 11.9 Å². The number of nitrogens with zero attached hydrogens (tertiary/aromatic N) is 6. The third-order valence-electron chi connectivity index (χ3n) is 5.77. The number of halogens is 1. The third-order valence-corrected chi connectivity index (χ3v) is 5.77. The van der Waals surface area contributed by atoms with Gasteiger partial charge >= 0.3 is 0 Å². The molecule has 0 bridgehead atoms. The minimum absolute atomic E-state index is 0.0646. The van der Waals surface area contributed by atoms with E-state index in [4.69, 9.17) is 0 Å². The Morgan fingerprint density at radius 2 is 1.77 bits per heavy atom. The lowest BCUT2D eigenvalue weighted by molar-refractivity contribution is 0.0328. The van der Waals surface area contributed by atoms with Gasteiger partial charge in [0.05, 0.1) is 11.6 Å². The minimum Gasteiger partial charge on any atom is -0.338 e. The van der Waals surface area contributed by atoms with Gasteiger partial charge in [0, 0.05) is 54.9 Å². The molecule has 5 rings (SSSR count). The number of aryl methyl sites for hydroxylation is 2. The molecule has 2 fully saturated rings. The molecule has 2 aromatic heterocycles. The van der Waals surface area contributed by atoms with Crippen LogP contribution in [0.4, 0.5) is 10.3 Å². The van der Waals surface area contributed by atoms with Crippen LogP contribution in [0.15, 0.2) is 42.7 Å². The number of carbonyl (C=O) groups is 1. The molecule has 2 atom stereocenters. The second kappa shape index (κ2) is 7.12.